The fraction of sp³-hybridized carbons (Fsp3) is 0.708. The second-order valence-electron chi connectivity index (χ2n) is 8.23. The van der Waals surface area contributed by atoms with Gasteiger partial charge >= 0.3 is 16.1 Å². The average molecular weight is 456 g/mol. The molecule has 0 unspecified atom stereocenters. The van der Waals surface area contributed by atoms with Crippen molar-refractivity contribution in [3.63, 3.8) is 0 Å². The van der Waals surface area contributed by atoms with Crippen molar-refractivity contribution >= 4 is 21.8 Å². The summed E-state index contributed by atoms with van der Waals surface area (Å²) in [6, 6.07) is 6.65. The van der Waals surface area contributed by atoms with Crippen LogP contribution in [0, 0.1) is 0 Å². The number of esters is 1. The molecule has 0 radical (unpaired) electrons. The molecule has 0 saturated heterocycles. The highest BCUT2D eigenvalue weighted by Gasteiger charge is 2.12. The maximum absolute atomic E-state index is 11.7. The van der Waals surface area contributed by atoms with Crippen molar-refractivity contribution in [3.05, 3.63) is 29.8 Å². The molecule has 0 heterocycles. The first-order valence-corrected chi connectivity index (χ1v) is 13.5. The van der Waals surface area contributed by atoms with E-state index in [0.717, 1.165) is 18.7 Å². The van der Waals surface area contributed by atoms with Crippen molar-refractivity contribution in [2.75, 3.05) is 17.8 Å². The lowest BCUT2D eigenvalue weighted by Gasteiger charge is -2.08. The Morgan fingerprint density at radius 1 is 0.806 bits per heavy atom. The number of benzene rings is 1. The lowest BCUT2D eigenvalue weighted by atomic mass is 10.0. The Morgan fingerprint density at radius 3 is 1.71 bits per heavy atom. The maximum Gasteiger partial charge on any atom is 0.339 e. The van der Waals surface area contributed by atoms with E-state index in [9.17, 15) is 13.2 Å². The van der Waals surface area contributed by atoms with Gasteiger partial charge in [0.2, 0.25) is 5.94 Å². The number of carbonyl (C=O) groups excluding carboxylic acids is 1. The predicted molar refractivity (Wildman–Crippen MR) is 127 cm³/mol. The highest BCUT2D eigenvalue weighted by atomic mass is 32.2. The van der Waals surface area contributed by atoms with Crippen molar-refractivity contribution in [1.82, 2.24) is 0 Å². The highest BCUT2D eigenvalue weighted by Crippen LogP contribution is 2.14. The van der Waals surface area contributed by atoms with Gasteiger partial charge in [0.25, 0.3) is 0 Å². The molecule has 0 amide bonds. The molecule has 1 aromatic rings. The van der Waals surface area contributed by atoms with Gasteiger partial charge < -0.3 is 10.1 Å². The molecule has 0 aliphatic carbocycles. The third-order valence-electron chi connectivity index (χ3n) is 5.32. The Bertz CT molecular complexity index is 688. The van der Waals surface area contributed by atoms with Gasteiger partial charge in [0.15, 0.2) is 0 Å². The van der Waals surface area contributed by atoms with E-state index in [1.807, 2.05) is 0 Å². The molecule has 1 aromatic carbocycles. The molecule has 0 atom stereocenters. The fourth-order valence-electron chi connectivity index (χ4n) is 3.49. The van der Waals surface area contributed by atoms with Crippen LogP contribution in [0.2, 0.25) is 0 Å². The standard InChI is InChI=1S/C24H41NO5S/c1-2-3-4-5-6-7-8-9-10-11-12-13-14-15-20-25-23-18-16-22(17-19-23)24(26)30-21-31(27,28)29/h16-19,25H,2-15,20-21H2,1H3,(H,27,28,29). The summed E-state index contributed by atoms with van der Waals surface area (Å²) in [7, 11) is -4.32. The van der Waals surface area contributed by atoms with Crippen molar-refractivity contribution < 1.29 is 22.5 Å². The normalized spacial score (nSPS) is 11.4. The third kappa shape index (κ3) is 15.8. The molecule has 178 valence electrons. The second kappa shape index (κ2) is 17.0. The minimum absolute atomic E-state index is 0.241. The first-order chi connectivity index (χ1) is 14.9. The van der Waals surface area contributed by atoms with E-state index in [1.54, 1.807) is 24.3 Å². The largest absolute Gasteiger partial charge is 0.443 e. The number of anilines is 1. The third-order valence-corrected chi connectivity index (χ3v) is 5.73. The molecule has 0 bridgehead atoms. The van der Waals surface area contributed by atoms with E-state index < -0.39 is 22.0 Å². The molecule has 1 rings (SSSR count). The molecular formula is C24H41NO5S. The van der Waals surface area contributed by atoms with Crippen LogP contribution in [0.5, 0.6) is 0 Å². The molecule has 0 spiro atoms. The van der Waals surface area contributed by atoms with Gasteiger partial charge in [-0.2, -0.15) is 8.42 Å². The number of carbonyl (C=O) groups is 1. The Morgan fingerprint density at radius 2 is 1.26 bits per heavy atom. The van der Waals surface area contributed by atoms with Crippen LogP contribution in [0.25, 0.3) is 0 Å². The molecule has 31 heavy (non-hydrogen) atoms. The Kier molecular flexibility index (Phi) is 15.1. The van der Waals surface area contributed by atoms with Crippen LogP contribution in [-0.4, -0.2) is 31.4 Å². The average Bonchev–Trinajstić information content (AvgIpc) is 2.74. The summed E-state index contributed by atoms with van der Waals surface area (Å²) >= 11 is 0. The van der Waals surface area contributed by atoms with Gasteiger partial charge in [-0.15, -0.1) is 0 Å². The van der Waals surface area contributed by atoms with E-state index in [4.69, 9.17) is 4.55 Å². The van der Waals surface area contributed by atoms with Gasteiger partial charge in [-0.3, -0.25) is 4.55 Å². The number of hydrogen-bond donors (Lipinski definition) is 2. The number of nitrogens with one attached hydrogen (secondary N) is 1. The summed E-state index contributed by atoms with van der Waals surface area (Å²) in [6.45, 7) is 3.14. The summed E-state index contributed by atoms with van der Waals surface area (Å²) in [5.74, 6) is -1.82. The fourth-order valence-corrected chi connectivity index (χ4v) is 3.74. The lowest BCUT2D eigenvalue weighted by Crippen LogP contribution is -2.13. The monoisotopic (exact) mass is 455 g/mol. The van der Waals surface area contributed by atoms with Crippen LogP contribution in [0.15, 0.2) is 24.3 Å². The summed E-state index contributed by atoms with van der Waals surface area (Å²) in [5, 5.41) is 3.32. The van der Waals surface area contributed by atoms with Crippen molar-refractivity contribution in [2.45, 2.75) is 96.8 Å². The second-order valence-corrected chi connectivity index (χ2v) is 9.63. The minimum Gasteiger partial charge on any atom is -0.443 e. The Hall–Kier alpha value is -1.60. The van der Waals surface area contributed by atoms with Crippen molar-refractivity contribution in [2.24, 2.45) is 0 Å². The number of rotatable bonds is 19. The molecule has 0 aliphatic rings. The summed E-state index contributed by atoms with van der Waals surface area (Å²) < 4.78 is 34.4. The number of ether oxygens (including phenoxy) is 1. The number of hydrogen-bond acceptors (Lipinski definition) is 5. The van der Waals surface area contributed by atoms with Gasteiger partial charge in [0, 0.05) is 12.2 Å². The SMILES string of the molecule is CCCCCCCCCCCCCCCCNc1ccc(C(=O)OCS(=O)(=O)O)cc1. The van der Waals surface area contributed by atoms with Crippen molar-refractivity contribution in [1.29, 1.82) is 0 Å². The van der Waals surface area contributed by atoms with Gasteiger partial charge in [0.05, 0.1) is 5.56 Å². The predicted octanol–water partition coefficient (Wildman–Crippen LogP) is 6.58. The molecular weight excluding hydrogens is 414 g/mol. The zero-order valence-electron chi connectivity index (χ0n) is 19.1. The van der Waals surface area contributed by atoms with Gasteiger partial charge in [-0.25, -0.2) is 4.79 Å². The van der Waals surface area contributed by atoms with Crippen LogP contribution in [0.3, 0.4) is 0 Å². The van der Waals surface area contributed by atoms with E-state index in [1.165, 1.54) is 83.5 Å². The van der Waals surface area contributed by atoms with E-state index in [2.05, 4.69) is 17.0 Å². The number of unbranched alkanes of at least 4 members (excludes halogenated alkanes) is 13. The molecule has 0 aliphatic heterocycles. The minimum atomic E-state index is -4.32. The molecule has 0 saturated carbocycles. The van der Waals surface area contributed by atoms with Gasteiger partial charge in [-0.1, -0.05) is 90.4 Å². The van der Waals surface area contributed by atoms with Crippen molar-refractivity contribution in [3.8, 4) is 0 Å². The Labute approximate surface area is 188 Å². The molecule has 0 fully saturated rings. The van der Waals surface area contributed by atoms with E-state index >= 15 is 0 Å². The van der Waals surface area contributed by atoms with E-state index in [-0.39, 0.29) is 5.56 Å². The topological polar surface area (TPSA) is 92.7 Å². The summed E-state index contributed by atoms with van der Waals surface area (Å²) in [6.07, 6.45) is 18.8. The first kappa shape index (κ1) is 27.4. The van der Waals surface area contributed by atoms with Crippen LogP contribution < -0.4 is 5.32 Å². The van der Waals surface area contributed by atoms with E-state index in [0.29, 0.717) is 0 Å². The Balaban J connectivity index is 1.97. The molecule has 2 N–H and O–H groups in total. The van der Waals surface area contributed by atoms with Crippen LogP contribution in [0.4, 0.5) is 5.69 Å². The molecule has 7 heteroatoms. The lowest BCUT2D eigenvalue weighted by molar-refractivity contribution is 0.0564. The highest BCUT2D eigenvalue weighted by molar-refractivity contribution is 7.85. The van der Waals surface area contributed by atoms with Gasteiger partial charge in [0.1, 0.15) is 0 Å². The first-order valence-electron chi connectivity index (χ1n) is 11.9. The maximum atomic E-state index is 11.7. The smallest absolute Gasteiger partial charge is 0.339 e. The molecule has 6 nitrogen and oxygen atoms in total. The summed E-state index contributed by atoms with van der Waals surface area (Å²) in [4.78, 5) is 11.7. The zero-order chi connectivity index (χ0) is 22.8. The van der Waals surface area contributed by atoms with Gasteiger partial charge in [-0.05, 0) is 30.7 Å². The van der Waals surface area contributed by atoms with Crippen LogP contribution in [0.1, 0.15) is 107 Å². The zero-order valence-corrected chi connectivity index (χ0v) is 19.9. The quantitative estimate of drug-likeness (QED) is 0.139. The summed E-state index contributed by atoms with van der Waals surface area (Å²) in [5.41, 5.74) is 1.15. The van der Waals surface area contributed by atoms with Crippen LogP contribution in [-0.2, 0) is 14.9 Å². The van der Waals surface area contributed by atoms with Crippen LogP contribution >= 0.6 is 0 Å². The molecule has 0 aromatic heterocycles.